The molecule has 0 heterocycles. The maximum absolute atomic E-state index is 11.6. The van der Waals surface area contributed by atoms with Gasteiger partial charge in [0.1, 0.15) is 5.75 Å². The summed E-state index contributed by atoms with van der Waals surface area (Å²) < 4.78 is 5.05. The first-order valence-corrected chi connectivity index (χ1v) is 5.05. The van der Waals surface area contributed by atoms with Crippen molar-refractivity contribution in [3.8, 4) is 5.75 Å². The Morgan fingerprint density at radius 1 is 1.31 bits per heavy atom. The first kappa shape index (κ1) is 12.2. The van der Waals surface area contributed by atoms with Gasteiger partial charge < -0.3 is 9.94 Å². The third-order valence-electron chi connectivity index (χ3n) is 2.10. The molecular weight excluding hydrogens is 206 g/mol. The second-order valence-electron chi connectivity index (χ2n) is 3.84. The minimum Gasteiger partial charge on any atom is -0.422 e. The van der Waals surface area contributed by atoms with Crippen molar-refractivity contribution in [2.24, 2.45) is 11.1 Å². The summed E-state index contributed by atoms with van der Waals surface area (Å²) in [6, 6.07) is 7.08. The van der Waals surface area contributed by atoms with E-state index < -0.39 is 5.97 Å². The zero-order valence-electron chi connectivity index (χ0n) is 9.60. The number of hydrogen-bond acceptors (Lipinski definition) is 4. The smallest absolute Gasteiger partial charge is 0.361 e. The van der Waals surface area contributed by atoms with Crippen molar-refractivity contribution in [2.45, 2.75) is 20.8 Å². The van der Waals surface area contributed by atoms with E-state index in [9.17, 15) is 4.79 Å². The number of carbonyl (C=O) groups is 1. The van der Waals surface area contributed by atoms with Crippen LogP contribution in [0.15, 0.2) is 29.4 Å². The summed E-state index contributed by atoms with van der Waals surface area (Å²) >= 11 is 0. The molecule has 86 valence electrons. The van der Waals surface area contributed by atoms with Crippen LogP contribution in [0.2, 0.25) is 0 Å². The van der Waals surface area contributed by atoms with Gasteiger partial charge in [0.25, 0.3) is 0 Å². The normalized spacial score (nSPS) is 11.6. The third-order valence-corrected chi connectivity index (χ3v) is 2.10. The van der Waals surface area contributed by atoms with E-state index in [0.717, 1.165) is 5.56 Å². The molecule has 0 unspecified atom stereocenters. The summed E-state index contributed by atoms with van der Waals surface area (Å²) in [5, 5.41) is 11.6. The minimum absolute atomic E-state index is 0.0144. The summed E-state index contributed by atoms with van der Waals surface area (Å²) in [6.45, 7) is 5.46. The van der Waals surface area contributed by atoms with Gasteiger partial charge in [0.2, 0.25) is 0 Å². The van der Waals surface area contributed by atoms with Crippen LogP contribution in [0.3, 0.4) is 0 Å². The van der Waals surface area contributed by atoms with E-state index in [4.69, 9.17) is 9.94 Å². The Hall–Kier alpha value is -1.84. The molecule has 16 heavy (non-hydrogen) atoms. The molecule has 0 fully saturated rings. The van der Waals surface area contributed by atoms with Gasteiger partial charge in [0.15, 0.2) is 5.71 Å². The predicted octanol–water partition coefficient (Wildman–Crippen LogP) is 2.39. The van der Waals surface area contributed by atoms with E-state index in [1.165, 1.54) is 0 Å². The second kappa shape index (κ2) is 5.30. The molecule has 1 aromatic carbocycles. The van der Waals surface area contributed by atoms with Crippen molar-refractivity contribution in [3.63, 3.8) is 0 Å². The molecule has 0 saturated heterocycles. The van der Waals surface area contributed by atoms with Crippen LogP contribution in [0.25, 0.3) is 0 Å². The summed E-state index contributed by atoms with van der Waals surface area (Å²) in [4.78, 5) is 11.6. The van der Waals surface area contributed by atoms with E-state index in [1.54, 1.807) is 26.0 Å². The van der Waals surface area contributed by atoms with Crippen molar-refractivity contribution in [3.05, 3.63) is 29.8 Å². The molecule has 0 spiro atoms. The van der Waals surface area contributed by atoms with Crippen LogP contribution in [0.5, 0.6) is 5.75 Å². The molecule has 0 bridgehead atoms. The number of carbonyl (C=O) groups excluding carboxylic acids is 1. The van der Waals surface area contributed by atoms with Crippen molar-refractivity contribution in [1.82, 2.24) is 0 Å². The summed E-state index contributed by atoms with van der Waals surface area (Å²) in [5.74, 6) is -0.360. The van der Waals surface area contributed by atoms with Gasteiger partial charge in [0, 0.05) is 5.92 Å². The highest BCUT2D eigenvalue weighted by Gasteiger charge is 2.18. The standard InChI is InChI=1S/C12H15NO3/c1-8(2)11(13-15)12(14)16-10-6-4-9(3)5-7-10/h4-8,15H,1-3H3/b13-11+. The Kier molecular flexibility index (Phi) is 4.05. The number of aryl methyl sites for hydroxylation is 1. The molecule has 1 aromatic rings. The fraction of sp³-hybridized carbons (Fsp3) is 0.333. The first-order valence-electron chi connectivity index (χ1n) is 5.05. The highest BCUT2D eigenvalue weighted by Crippen LogP contribution is 2.12. The van der Waals surface area contributed by atoms with Crippen molar-refractivity contribution < 1.29 is 14.7 Å². The van der Waals surface area contributed by atoms with Gasteiger partial charge in [0.05, 0.1) is 0 Å². The number of oxime groups is 1. The summed E-state index contributed by atoms with van der Waals surface area (Å²) in [5.41, 5.74) is 1.10. The lowest BCUT2D eigenvalue weighted by Gasteiger charge is -2.07. The van der Waals surface area contributed by atoms with Crippen LogP contribution in [0.1, 0.15) is 19.4 Å². The largest absolute Gasteiger partial charge is 0.422 e. The molecule has 0 saturated carbocycles. The lowest BCUT2D eigenvalue weighted by atomic mass is 10.1. The van der Waals surface area contributed by atoms with Crippen molar-refractivity contribution in [2.75, 3.05) is 0 Å². The number of benzene rings is 1. The van der Waals surface area contributed by atoms with Gasteiger partial charge in [-0.25, -0.2) is 4.79 Å². The fourth-order valence-corrected chi connectivity index (χ4v) is 1.16. The number of rotatable bonds is 3. The Morgan fingerprint density at radius 2 is 1.88 bits per heavy atom. The monoisotopic (exact) mass is 221 g/mol. The molecule has 0 atom stereocenters. The quantitative estimate of drug-likeness (QED) is 0.280. The summed E-state index contributed by atoms with van der Waals surface area (Å²) in [7, 11) is 0. The lowest BCUT2D eigenvalue weighted by molar-refractivity contribution is -0.127. The molecule has 4 heteroatoms. The van der Waals surface area contributed by atoms with Crippen LogP contribution in [0, 0.1) is 12.8 Å². The first-order chi connectivity index (χ1) is 7.54. The van der Waals surface area contributed by atoms with Gasteiger partial charge in [-0.2, -0.15) is 0 Å². The second-order valence-corrected chi connectivity index (χ2v) is 3.84. The van der Waals surface area contributed by atoms with Gasteiger partial charge in [-0.15, -0.1) is 0 Å². The molecule has 0 aliphatic rings. The molecule has 0 radical (unpaired) electrons. The Morgan fingerprint density at radius 3 is 2.31 bits per heavy atom. The zero-order valence-corrected chi connectivity index (χ0v) is 9.60. The highest BCUT2D eigenvalue weighted by atomic mass is 16.5. The number of esters is 1. The van der Waals surface area contributed by atoms with Crippen LogP contribution in [-0.2, 0) is 4.79 Å². The van der Waals surface area contributed by atoms with E-state index in [0.29, 0.717) is 5.75 Å². The Bertz CT molecular complexity index is 393. The Labute approximate surface area is 94.5 Å². The minimum atomic E-state index is -0.624. The Balaban J connectivity index is 2.75. The molecule has 1 rings (SSSR count). The molecule has 0 aliphatic carbocycles. The zero-order chi connectivity index (χ0) is 12.1. The average Bonchev–Trinajstić information content (AvgIpc) is 2.22. The number of hydrogen-bond donors (Lipinski definition) is 1. The molecule has 4 nitrogen and oxygen atoms in total. The van der Waals surface area contributed by atoms with Gasteiger partial charge >= 0.3 is 5.97 Å². The van der Waals surface area contributed by atoms with E-state index in [1.807, 2.05) is 19.1 Å². The molecular formula is C12H15NO3. The molecule has 0 aromatic heterocycles. The molecule has 0 aliphatic heterocycles. The van der Waals surface area contributed by atoms with Crippen LogP contribution in [-0.4, -0.2) is 16.9 Å². The third kappa shape index (κ3) is 3.08. The average molecular weight is 221 g/mol. The van der Waals surface area contributed by atoms with Gasteiger partial charge in [-0.05, 0) is 19.1 Å². The summed E-state index contributed by atoms with van der Waals surface area (Å²) in [6.07, 6.45) is 0. The van der Waals surface area contributed by atoms with E-state index in [2.05, 4.69) is 5.16 Å². The van der Waals surface area contributed by atoms with Crippen LogP contribution < -0.4 is 4.74 Å². The highest BCUT2D eigenvalue weighted by molar-refractivity contribution is 6.37. The van der Waals surface area contributed by atoms with Crippen molar-refractivity contribution in [1.29, 1.82) is 0 Å². The van der Waals surface area contributed by atoms with E-state index >= 15 is 0 Å². The molecule has 1 N–H and O–H groups in total. The lowest BCUT2D eigenvalue weighted by Crippen LogP contribution is -2.25. The maximum atomic E-state index is 11.6. The van der Waals surface area contributed by atoms with Gasteiger partial charge in [-0.3, -0.25) is 0 Å². The SMILES string of the molecule is Cc1ccc(OC(=O)/C(=N/O)C(C)C)cc1. The fourth-order valence-electron chi connectivity index (χ4n) is 1.16. The van der Waals surface area contributed by atoms with Crippen LogP contribution >= 0.6 is 0 Å². The van der Waals surface area contributed by atoms with Crippen molar-refractivity contribution >= 4 is 11.7 Å². The topological polar surface area (TPSA) is 58.9 Å². The van der Waals surface area contributed by atoms with E-state index in [-0.39, 0.29) is 11.6 Å². The number of nitrogens with zero attached hydrogens (tertiary/aromatic N) is 1. The number of ether oxygens (including phenoxy) is 1. The van der Waals surface area contributed by atoms with Crippen LogP contribution in [0.4, 0.5) is 0 Å². The predicted molar refractivity (Wildman–Crippen MR) is 60.9 cm³/mol. The van der Waals surface area contributed by atoms with Gasteiger partial charge in [-0.1, -0.05) is 36.7 Å². The maximum Gasteiger partial charge on any atom is 0.361 e. The molecule has 0 amide bonds.